The van der Waals surface area contributed by atoms with Gasteiger partial charge in [0.1, 0.15) is 17.3 Å². The Hall–Kier alpha value is -1.16. The fraction of sp³-hybridized carbons (Fsp3) is 0.625. The van der Waals surface area contributed by atoms with Crippen LogP contribution in [0.15, 0.2) is 12.1 Å². The summed E-state index contributed by atoms with van der Waals surface area (Å²) in [6.45, 7) is 4.61. The lowest BCUT2D eigenvalue weighted by Crippen LogP contribution is -2.32. The summed E-state index contributed by atoms with van der Waals surface area (Å²) in [4.78, 5) is 1.72. The molecule has 20 heavy (non-hydrogen) atoms. The maximum atomic E-state index is 14.2. The summed E-state index contributed by atoms with van der Waals surface area (Å²) in [6, 6.07) is 3.60. The summed E-state index contributed by atoms with van der Waals surface area (Å²) in [6.07, 6.45) is 4.08. The monoisotopic (exact) mass is 282 g/mol. The molecule has 0 aromatic heterocycles. The molecule has 0 saturated heterocycles. The van der Waals surface area contributed by atoms with Gasteiger partial charge in [-0.3, -0.25) is 0 Å². The van der Waals surface area contributed by atoms with E-state index in [1.54, 1.807) is 11.9 Å². The second kappa shape index (κ2) is 6.53. The maximum absolute atomic E-state index is 14.2. The van der Waals surface area contributed by atoms with Crippen LogP contribution in [-0.2, 0) is 6.54 Å². The molecule has 4 heteroatoms. The maximum Gasteiger partial charge on any atom is 0.149 e. The van der Waals surface area contributed by atoms with E-state index in [0.717, 1.165) is 12.8 Å². The topological polar surface area (TPSA) is 15.3 Å². The van der Waals surface area contributed by atoms with Gasteiger partial charge in [0, 0.05) is 25.7 Å². The standard InChI is InChI=1S/C16H24F2N2/c1-4-13(5-2)20(3)16-14(17)8-11(9-15(16)18)10-19-12-6-7-12/h8-9,12-13,19H,4-7,10H2,1-3H3. The van der Waals surface area contributed by atoms with E-state index in [9.17, 15) is 8.78 Å². The van der Waals surface area contributed by atoms with E-state index in [0.29, 0.717) is 18.2 Å². The van der Waals surface area contributed by atoms with Gasteiger partial charge < -0.3 is 10.2 Å². The van der Waals surface area contributed by atoms with Crippen molar-refractivity contribution in [2.75, 3.05) is 11.9 Å². The first-order chi connectivity index (χ1) is 9.56. The zero-order valence-corrected chi connectivity index (χ0v) is 12.5. The molecule has 0 heterocycles. The molecule has 0 amide bonds. The van der Waals surface area contributed by atoms with Gasteiger partial charge >= 0.3 is 0 Å². The number of nitrogens with one attached hydrogen (secondary N) is 1. The van der Waals surface area contributed by atoms with Gasteiger partial charge in [0.2, 0.25) is 0 Å². The molecule has 1 saturated carbocycles. The SMILES string of the molecule is CCC(CC)N(C)c1c(F)cc(CNC2CC2)cc1F. The van der Waals surface area contributed by atoms with Crippen LogP contribution in [0.4, 0.5) is 14.5 Å². The fourth-order valence-electron chi connectivity index (χ4n) is 2.63. The van der Waals surface area contributed by atoms with Crippen LogP contribution in [0.3, 0.4) is 0 Å². The van der Waals surface area contributed by atoms with E-state index in [-0.39, 0.29) is 11.7 Å². The molecule has 0 atom stereocenters. The van der Waals surface area contributed by atoms with E-state index in [2.05, 4.69) is 5.32 Å². The third-order valence-electron chi connectivity index (χ3n) is 4.09. The Kier molecular flexibility index (Phi) is 4.97. The van der Waals surface area contributed by atoms with Crippen LogP contribution < -0.4 is 10.2 Å². The van der Waals surface area contributed by atoms with Crippen molar-refractivity contribution in [3.63, 3.8) is 0 Å². The highest BCUT2D eigenvalue weighted by atomic mass is 19.1. The van der Waals surface area contributed by atoms with Crippen LogP contribution in [0, 0.1) is 11.6 Å². The molecule has 0 unspecified atom stereocenters. The van der Waals surface area contributed by atoms with Gasteiger partial charge in [-0.1, -0.05) is 13.8 Å². The number of hydrogen-bond donors (Lipinski definition) is 1. The number of nitrogens with zero attached hydrogens (tertiary/aromatic N) is 1. The molecule has 0 radical (unpaired) electrons. The van der Waals surface area contributed by atoms with Gasteiger partial charge in [0.15, 0.2) is 0 Å². The van der Waals surface area contributed by atoms with Crippen molar-refractivity contribution < 1.29 is 8.78 Å². The highest BCUT2D eigenvalue weighted by Crippen LogP contribution is 2.27. The number of benzene rings is 1. The molecule has 1 aromatic carbocycles. The third-order valence-corrected chi connectivity index (χ3v) is 4.09. The average molecular weight is 282 g/mol. The lowest BCUT2D eigenvalue weighted by atomic mass is 10.1. The molecule has 2 nitrogen and oxygen atoms in total. The third kappa shape index (κ3) is 3.48. The van der Waals surface area contributed by atoms with Gasteiger partial charge in [0.05, 0.1) is 0 Å². The first kappa shape index (κ1) is 15.2. The Morgan fingerprint density at radius 1 is 1.20 bits per heavy atom. The molecule has 1 aliphatic carbocycles. The number of hydrogen-bond acceptors (Lipinski definition) is 2. The minimum atomic E-state index is -0.466. The molecule has 1 N–H and O–H groups in total. The van der Waals surface area contributed by atoms with Crippen molar-refractivity contribution in [3.8, 4) is 0 Å². The van der Waals surface area contributed by atoms with Gasteiger partial charge in [-0.2, -0.15) is 0 Å². The predicted octanol–water partition coefficient (Wildman–Crippen LogP) is 3.84. The molecule has 0 aliphatic heterocycles. The highest BCUT2D eigenvalue weighted by Gasteiger charge is 2.22. The molecular weight excluding hydrogens is 258 g/mol. The lowest BCUT2D eigenvalue weighted by Gasteiger charge is -2.29. The van der Waals surface area contributed by atoms with Gasteiger partial charge in [-0.15, -0.1) is 0 Å². The summed E-state index contributed by atoms with van der Waals surface area (Å²) in [5, 5.41) is 3.27. The van der Waals surface area contributed by atoms with Crippen molar-refractivity contribution in [1.29, 1.82) is 0 Å². The Morgan fingerprint density at radius 3 is 2.20 bits per heavy atom. The second-order valence-electron chi connectivity index (χ2n) is 5.64. The average Bonchev–Trinajstić information content (AvgIpc) is 3.21. The lowest BCUT2D eigenvalue weighted by molar-refractivity contribution is 0.533. The van der Waals surface area contributed by atoms with Crippen LogP contribution in [0.25, 0.3) is 0 Å². The molecule has 1 fully saturated rings. The predicted molar refractivity (Wildman–Crippen MR) is 79.0 cm³/mol. The first-order valence-electron chi connectivity index (χ1n) is 7.50. The number of rotatable bonds is 7. The first-order valence-corrected chi connectivity index (χ1v) is 7.50. The quantitative estimate of drug-likeness (QED) is 0.817. The van der Waals surface area contributed by atoms with Gasteiger partial charge in [-0.05, 0) is 43.4 Å². The van der Waals surface area contributed by atoms with Crippen molar-refractivity contribution in [2.24, 2.45) is 0 Å². The Balaban J connectivity index is 2.16. The Bertz CT molecular complexity index is 431. The number of anilines is 1. The van der Waals surface area contributed by atoms with Crippen LogP contribution in [-0.4, -0.2) is 19.1 Å². The molecule has 1 aromatic rings. The Labute approximate surface area is 120 Å². The van der Waals surface area contributed by atoms with E-state index >= 15 is 0 Å². The van der Waals surface area contributed by atoms with Gasteiger partial charge in [-0.25, -0.2) is 8.78 Å². The molecule has 112 valence electrons. The van der Waals surface area contributed by atoms with Crippen molar-refractivity contribution in [3.05, 3.63) is 29.3 Å². The minimum absolute atomic E-state index is 0.0915. The highest BCUT2D eigenvalue weighted by molar-refractivity contribution is 5.51. The fourth-order valence-corrected chi connectivity index (χ4v) is 2.63. The van der Waals surface area contributed by atoms with Crippen molar-refractivity contribution in [2.45, 2.75) is 58.2 Å². The Morgan fingerprint density at radius 2 is 1.75 bits per heavy atom. The normalized spacial score (nSPS) is 14.9. The van der Waals surface area contributed by atoms with Crippen LogP contribution >= 0.6 is 0 Å². The van der Waals surface area contributed by atoms with E-state index < -0.39 is 11.6 Å². The molecule has 2 rings (SSSR count). The van der Waals surface area contributed by atoms with E-state index in [4.69, 9.17) is 0 Å². The largest absolute Gasteiger partial charge is 0.367 e. The van der Waals surface area contributed by atoms with E-state index in [1.807, 2.05) is 13.8 Å². The molecule has 0 bridgehead atoms. The molecule has 0 spiro atoms. The molecular formula is C16H24F2N2. The van der Waals surface area contributed by atoms with Gasteiger partial charge in [0.25, 0.3) is 0 Å². The second-order valence-corrected chi connectivity index (χ2v) is 5.64. The summed E-state index contributed by atoms with van der Waals surface area (Å²) >= 11 is 0. The summed E-state index contributed by atoms with van der Waals surface area (Å²) in [5.74, 6) is -0.931. The minimum Gasteiger partial charge on any atom is -0.367 e. The van der Waals surface area contributed by atoms with Crippen molar-refractivity contribution >= 4 is 5.69 Å². The zero-order chi connectivity index (χ0) is 14.7. The zero-order valence-electron chi connectivity index (χ0n) is 12.5. The van der Waals surface area contributed by atoms with Crippen LogP contribution in [0.1, 0.15) is 45.1 Å². The number of halogens is 2. The van der Waals surface area contributed by atoms with Crippen LogP contribution in [0.2, 0.25) is 0 Å². The van der Waals surface area contributed by atoms with Crippen LogP contribution in [0.5, 0.6) is 0 Å². The van der Waals surface area contributed by atoms with Crippen molar-refractivity contribution in [1.82, 2.24) is 5.32 Å². The summed E-state index contributed by atoms with van der Waals surface area (Å²) in [5.41, 5.74) is 0.766. The summed E-state index contributed by atoms with van der Waals surface area (Å²) in [7, 11) is 1.77. The summed E-state index contributed by atoms with van der Waals surface area (Å²) < 4.78 is 28.5. The molecule has 1 aliphatic rings. The smallest absolute Gasteiger partial charge is 0.149 e. The van der Waals surface area contributed by atoms with E-state index in [1.165, 1.54) is 25.0 Å².